The molecule has 1 aromatic carbocycles. The van der Waals surface area contributed by atoms with Crippen LogP contribution in [0.25, 0.3) is 0 Å². The van der Waals surface area contributed by atoms with Crippen molar-refractivity contribution in [3.63, 3.8) is 0 Å². The van der Waals surface area contributed by atoms with E-state index in [1.165, 1.54) is 44.1 Å². The predicted octanol–water partition coefficient (Wildman–Crippen LogP) is 2.68. The number of likely N-dealkylation sites (N-methyl/N-ethyl adjacent to an activating group) is 1. The number of hydrogen-bond acceptors (Lipinski definition) is 4. The number of benzene rings is 1. The van der Waals surface area contributed by atoms with Gasteiger partial charge in [-0.1, -0.05) is 25.7 Å². The van der Waals surface area contributed by atoms with Crippen LogP contribution in [-0.4, -0.2) is 45.1 Å². The van der Waals surface area contributed by atoms with Crippen LogP contribution in [-0.2, 0) is 14.6 Å². The Balaban J connectivity index is 1.88. The number of sulfone groups is 1. The normalized spacial score (nSPS) is 17.0. The fourth-order valence-corrected chi connectivity index (χ4v) is 3.67. The average molecular weight is 338 g/mol. The molecule has 1 amide bonds. The fourth-order valence-electron chi connectivity index (χ4n) is 3.04. The molecule has 0 saturated heterocycles. The number of amides is 1. The summed E-state index contributed by atoms with van der Waals surface area (Å²) in [6.07, 6.45) is 8.56. The molecule has 1 aliphatic rings. The molecule has 6 heteroatoms. The van der Waals surface area contributed by atoms with E-state index in [2.05, 4.69) is 10.2 Å². The molecular formula is C17H26N2O3S. The number of nitrogens with one attached hydrogen (secondary N) is 1. The zero-order valence-electron chi connectivity index (χ0n) is 13.9. The van der Waals surface area contributed by atoms with Gasteiger partial charge in [0, 0.05) is 18.0 Å². The van der Waals surface area contributed by atoms with Gasteiger partial charge >= 0.3 is 0 Å². The molecule has 0 heterocycles. The van der Waals surface area contributed by atoms with Gasteiger partial charge in [0.1, 0.15) is 0 Å². The molecule has 1 aliphatic carbocycles. The molecule has 1 saturated carbocycles. The van der Waals surface area contributed by atoms with Crippen molar-refractivity contribution in [3.8, 4) is 0 Å². The summed E-state index contributed by atoms with van der Waals surface area (Å²) >= 11 is 0. The summed E-state index contributed by atoms with van der Waals surface area (Å²) in [6, 6.07) is 6.76. The van der Waals surface area contributed by atoms with E-state index >= 15 is 0 Å². The maximum Gasteiger partial charge on any atom is 0.238 e. The highest BCUT2D eigenvalue weighted by atomic mass is 32.2. The van der Waals surface area contributed by atoms with E-state index in [-0.39, 0.29) is 10.8 Å². The minimum Gasteiger partial charge on any atom is -0.325 e. The van der Waals surface area contributed by atoms with Gasteiger partial charge in [-0.3, -0.25) is 9.69 Å². The Labute approximate surface area is 139 Å². The van der Waals surface area contributed by atoms with E-state index in [1.807, 2.05) is 7.05 Å². The Hall–Kier alpha value is -1.40. The lowest BCUT2D eigenvalue weighted by Crippen LogP contribution is -2.37. The van der Waals surface area contributed by atoms with Crippen LogP contribution in [0.5, 0.6) is 0 Å². The van der Waals surface area contributed by atoms with Crippen molar-refractivity contribution in [2.75, 3.05) is 25.2 Å². The van der Waals surface area contributed by atoms with Crippen molar-refractivity contribution in [3.05, 3.63) is 24.3 Å². The summed E-state index contributed by atoms with van der Waals surface area (Å²) in [5.74, 6) is -0.0659. The Bertz CT molecular complexity index is 618. The van der Waals surface area contributed by atoms with Gasteiger partial charge in [0.2, 0.25) is 5.91 Å². The SMILES string of the molecule is CN(CC(=O)Nc1ccc(S(C)(=O)=O)cc1)C1CCCCCC1. The van der Waals surface area contributed by atoms with E-state index in [0.717, 1.165) is 12.8 Å². The van der Waals surface area contributed by atoms with Crippen molar-refractivity contribution in [1.82, 2.24) is 4.90 Å². The van der Waals surface area contributed by atoms with Crippen LogP contribution in [0.15, 0.2) is 29.2 Å². The molecule has 0 aliphatic heterocycles. The van der Waals surface area contributed by atoms with Gasteiger partial charge in [-0.2, -0.15) is 0 Å². The van der Waals surface area contributed by atoms with Gasteiger partial charge < -0.3 is 5.32 Å². The first-order valence-corrected chi connectivity index (χ1v) is 10.1. The van der Waals surface area contributed by atoms with Crippen molar-refractivity contribution in [2.24, 2.45) is 0 Å². The van der Waals surface area contributed by atoms with E-state index in [4.69, 9.17) is 0 Å². The highest BCUT2D eigenvalue weighted by Gasteiger charge is 2.19. The lowest BCUT2D eigenvalue weighted by Gasteiger charge is -2.26. The lowest BCUT2D eigenvalue weighted by atomic mass is 10.1. The van der Waals surface area contributed by atoms with Gasteiger partial charge in [-0.15, -0.1) is 0 Å². The van der Waals surface area contributed by atoms with Crippen LogP contribution in [0.3, 0.4) is 0 Å². The molecule has 2 rings (SSSR count). The molecule has 0 aromatic heterocycles. The number of anilines is 1. The van der Waals surface area contributed by atoms with Crippen molar-refractivity contribution < 1.29 is 13.2 Å². The van der Waals surface area contributed by atoms with E-state index in [9.17, 15) is 13.2 Å². The summed E-state index contributed by atoms with van der Waals surface area (Å²) in [5.41, 5.74) is 0.622. The monoisotopic (exact) mass is 338 g/mol. The first-order chi connectivity index (χ1) is 10.9. The molecule has 128 valence electrons. The largest absolute Gasteiger partial charge is 0.325 e. The molecule has 0 unspecified atom stereocenters. The highest BCUT2D eigenvalue weighted by molar-refractivity contribution is 7.90. The predicted molar refractivity (Wildman–Crippen MR) is 92.3 cm³/mol. The summed E-state index contributed by atoms with van der Waals surface area (Å²) in [7, 11) is -1.20. The van der Waals surface area contributed by atoms with Crippen molar-refractivity contribution >= 4 is 21.4 Å². The number of nitrogens with zero attached hydrogens (tertiary/aromatic N) is 1. The maximum atomic E-state index is 12.2. The molecule has 5 nitrogen and oxygen atoms in total. The van der Waals surface area contributed by atoms with Crippen molar-refractivity contribution in [1.29, 1.82) is 0 Å². The Kier molecular flexibility index (Phi) is 6.18. The molecular weight excluding hydrogens is 312 g/mol. The molecule has 1 N–H and O–H groups in total. The number of carbonyl (C=O) groups excluding carboxylic acids is 1. The van der Waals surface area contributed by atoms with Crippen LogP contribution >= 0.6 is 0 Å². The Morgan fingerprint density at radius 3 is 2.22 bits per heavy atom. The third-order valence-electron chi connectivity index (χ3n) is 4.41. The van der Waals surface area contributed by atoms with Crippen LogP contribution in [0.2, 0.25) is 0 Å². The van der Waals surface area contributed by atoms with Crippen LogP contribution in [0.1, 0.15) is 38.5 Å². The van der Waals surface area contributed by atoms with Crippen LogP contribution < -0.4 is 5.32 Å². The summed E-state index contributed by atoms with van der Waals surface area (Å²) in [5, 5.41) is 2.83. The molecule has 1 fully saturated rings. The van der Waals surface area contributed by atoms with Crippen molar-refractivity contribution in [2.45, 2.75) is 49.5 Å². The summed E-state index contributed by atoms with van der Waals surface area (Å²) in [6.45, 7) is 0.360. The number of hydrogen-bond donors (Lipinski definition) is 1. The quantitative estimate of drug-likeness (QED) is 0.838. The van der Waals surface area contributed by atoms with Gasteiger partial charge in [-0.25, -0.2) is 8.42 Å². The zero-order chi connectivity index (χ0) is 16.9. The number of rotatable bonds is 5. The molecule has 0 radical (unpaired) electrons. The lowest BCUT2D eigenvalue weighted by molar-refractivity contribution is -0.117. The topological polar surface area (TPSA) is 66.5 Å². The van der Waals surface area contributed by atoms with Crippen LogP contribution in [0, 0.1) is 0 Å². The molecule has 0 atom stereocenters. The maximum absolute atomic E-state index is 12.2. The first kappa shape index (κ1) is 17.9. The molecule has 0 bridgehead atoms. The second kappa shape index (κ2) is 7.93. The number of carbonyl (C=O) groups is 1. The molecule has 23 heavy (non-hydrogen) atoms. The second-order valence-electron chi connectivity index (χ2n) is 6.41. The molecule has 1 aromatic rings. The van der Waals surface area contributed by atoms with Gasteiger partial charge in [0.05, 0.1) is 11.4 Å². The first-order valence-electron chi connectivity index (χ1n) is 8.16. The third kappa shape index (κ3) is 5.62. The summed E-state index contributed by atoms with van der Waals surface area (Å²) in [4.78, 5) is 14.5. The molecule has 0 spiro atoms. The van der Waals surface area contributed by atoms with Gasteiger partial charge in [0.25, 0.3) is 0 Å². The minimum atomic E-state index is -3.21. The van der Waals surface area contributed by atoms with E-state index in [1.54, 1.807) is 12.1 Å². The highest BCUT2D eigenvalue weighted by Crippen LogP contribution is 2.21. The smallest absolute Gasteiger partial charge is 0.238 e. The average Bonchev–Trinajstić information content (AvgIpc) is 2.75. The fraction of sp³-hybridized carbons (Fsp3) is 0.588. The van der Waals surface area contributed by atoms with Crippen LogP contribution in [0.4, 0.5) is 5.69 Å². The Morgan fingerprint density at radius 1 is 1.13 bits per heavy atom. The third-order valence-corrected chi connectivity index (χ3v) is 5.54. The summed E-state index contributed by atoms with van der Waals surface area (Å²) < 4.78 is 22.8. The second-order valence-corrected chi connectivity index (χ2v) is 8.42. The van der Waals surface area contributed by atoms with Gasteiger partial charge in [0.15, 0.2) is 9.84 Å². The standard InChI is InChI=1S/C17H26N2O3S/c1-19(15-7-5-3-4-6-8-15)13-17(20)18-14-9-11-16(12-10-14)23(2,21)22/h9-12,15H,3-8,13H2,1-2H3,(H,18,20). The zero-order valence-corrected chi connectivity index (χ0v) is 14.7. The Morgan fingerprint density at radius 2 is 1.70 bits per heavy atom. The van der Waals surface area contributed by atoms with E-state index < -0.39 is 9.84 Å². The van der Waals surface area contributed by atoms with E-state index in [0.29, 0.717) is 18.3 Å². The minimum absolute atomic E-state index is 0.0659. The van der Waals surface area contributed by atoms with Gasteiger partial charge in [-0.05, 0) is 44.2 Å².